The van der Waals surface area contributed by atoms with Gasteiger partial charge in [0.05, 0.1) is 12.7 Å². The van der Waals surface area contributed by atoms with E-state index in [2.05, 4.69) is 21.2 Å². The van der Waals surface area contributed by atoms with Gasteiger partial charge in [0.15, 0.2) is 0 Å². The highest BCUT2D eigenvalue weighted by Crippen LogP contribution is 2.17. The van der Waals surface area contributed by atoms with Crippen molar-refractivity contribution in [3.05, 3.63) is 34.3 Å². The van der Waals surface area contributed by atoms with Crippen molar-refractivity contribution in [2.45, 2.75) is 19.1 Å². The van der Waals surface area contributed by atoms with Crippen LogP contribution in [0.2, 0.25) is 0 Å². The van der Waals surface area contributed by atoms with Crippen molar-refractivity contribution in [1.82, 2.24) is 5.32 Å². The van der Waals surface area contributed by atoms with Crippen LogP contribution in [0.3, 0.4) is 0 Å². The summed E-state index contributed by atoms with van der Waals surface area (Å²) in [6, 6.07) is 8.15. The Morgan fingerprint density at radius 1 is 1.47 bits per heavy atom. The van der Waals surface area contributed by atoms with Crippen molar-refractivity contribution in [3.63, 3.8) is 0 Å². The smallest absolute Gasteiger partial charge is 0.0895 e. The molecular formula is C11H16BrNO2. The lowest BCUT2D eigenvalue weighted by Gasteiger charge is -2.16. The molecule has 0 heterocycles. The number of benzene rings is 1. The summed E-state index contributed by atoms with van der Waals surface area (Å²) in [6.45, 7) is 2.20. The van der Waals surface area contributed by atoms with Crippen LogP contribution in [-0.4, -0.2) is 29.5 Å². The zero-order valence-corrected chi connectivity index (χ0v) is 10.2. The number of rotatable bonds is 5. The number of nitrogens with one attached hydrogen (secondary N) is 1. The fourth-order valence-electron chi connectivity index (χ4n) is 1.27. The molecular weight excluding hydrogens is 258 g/mol. The molecule has 15 heavy (non-hydrogen) atoms. The normalized spacial score (nSPS) is 14.9. The third-order valence-electron chi connectivity index (χ3n) is 2.22. The van der Waals surface area contributed by atoms with Crippen LogP contribution in [0, 0.1) is 0 Å². The molecule has 3 nitrogen and oxygen atoms in total. The first-order valence-electron chi connectivity index (χ1n) is 4.91. The van der Waals surface area contributed by atoms with Gasteiger partial charge in [-0.15, -0.1) is 0 Å². The van der Waals surface area contributed by atoms with Gasteiger partial charge in [-0.25, -0.2) is 0 Å². The van der Waals surface area contributed by atoms with Crippen molar-refractivity contribution < 1.29 is 10.2 Å². The summed E-state index contributed by atoms with van der Waals surface area (Å²) in [5, 5.41) is 21.0. The second-order valence-corrected chi connectivity index (χ2v) is 4.44. The van der Waals surface area contributed by atoms with Gasteiger partial charge in [0.1, 0.15) is 0 Å². The van der Waals surface area contributed by atoms with E-state index in [0.29, 0.717) is 6.54 Å². The van der Waals surface area contributed by atoms with Gasteiger partial charge in [-0.2, -0.15) is 0 Å². The zero-order valence-electron chi connectivity index (χ0n) is 8.65. The van der Waals surface area contributed by atoms with E-state index in [0.717, 1.165) is 10.0 Å². The number of hydrogen-bond donors (Lipinski definition) is 3. The fraction of sp³-hybridized carbons (Fsp3) is 0.455. The van der Waals surface area contributed by atoms with Crippen LogP contribution in [0.5, 0.6) is 0 Å². The van der Waals surface area contributed by atoms with Crippen LogP contribution in [0.4, 0.5) is 0 Å². The third kappa shape index (κ3) is 4.30. The van der Waals surface area contributed by atoms with E-state index in [-0.39, 0.29) is 12.6 Å². The van der Waals surface area contributed by atoms with Gasteiger partial charge in [0.25, 0.3) is 0 Å². The molecule has 1 rings (SSSR count). The predicted molar refractivity (Wildman–Crippen MR) is 63.7 cm³/mol. The quantitative estimate of drug-likeness (QED) is 0.761. The van der Waals surface area contributed by atoms with Crippen molar-refractivity contribution >= 4 is 15.9 Å². The minimum absolute atomic E-state index is 0.156. The minimum atomic E-state index is -0.695. The summed E-state index contributed by atoms with van der Waals surface area (Å²) in [5.41, 5.74) is 1.15. The molecule has 84 valence electrons. The molecule has 0 saturated heterocycles. The SMILES string of the molecule is CC(NCC(O)CO)c1cccc(Br)c1. The van der Waals surface area contributed by atoms with Gasteiger partial charge in [-0.1, -0.05) is 28.1 Å². The van der Waals surface area contributed by atoms with Crippen LogP contribution in [-0.2, 0) is 0 Å². The summed E-state index contributed by atoms with van der Waals surface area (Å²) >= 11 is 3.41. The molecule has 0 fully saturated rings. The van der Waals surface area contributed by atoms with Crippen LogP contribution >= 0.6 is 15.9 Å². The molecule has 0 spiro atoms. The van der Waals surface area contributed by atoms with Crippen molar-refractivity contribution in [2.75, 3.05) is 13.2 Å². The second kappa shape index (κ2) is 6.23. The maximum absolute atomic E-state index is 9.19. The molecule has 0 aliphatic heterocycles. The van der Waals surface area contributed by atoms with E-state index in [9.17, 15) is 5.11 Å². The lowest BCUT2D eigenvalue weighted by molar-refractivity contribution is 0.0924. The second-order valence-electron chi connectivity index (χ2n) is 3.52. The highest BCUT2D eigenvalue weighted by atomic mass is 79.9. The Hall–Kier alpha value is -0.420. The molecule has 0 amide bonds. The molecule has 4 heteroatoms. The van der Waals surface area contributed by atoms with E-state index in [1.807, 2.05) is 31.2 Å². The summed E-state index contributed by atoms with van der Waals surface area (Å²) in [6.07, 6.45) is -0.695. The Bertz CT molecular complexity index is 306. The summed E-state index contributed by atoms with van der Waals surface area (Å²) < 4.78 is 1.04. The van der Waals surface area contributed by atoms with Crippen LogP contribution in [0.25, 0.3) is 0 Å². The van der Waals surface area contributed by atoms with Gasteiger partial charge in [0, 0.05) is 17.1 Å². The van der Waals surface area contributed by atoms with E-state index in [1.165, 1.54) is 0 Å². The molecule has 3 N–H and O–H groups in total. The first-order valence-corrected chi connectivity index (χ1v) is 5.70. The van der Waals surface area contributed by atoms with Crippen LogP contribution in [0.1, 0.15) is 18.5 Å². The summed E-state index contributed by atoms with van der Waals surface area (Å²) in [7, 11) is 0. The molecule has 1 aromatic carbocycles. The topological polar surface area (TPSA) is 52.5 Å². The molecule has 0 aliphatic carbocycles. The summed E-state index contributed by atoms with van der Waals surface area (Å²) in [4.78, 5) is 0. The molecule has 0 radical (unpaired) electrons. The fourth-order valence-corrected chi connectivity index (χ4v) is 1.69. The van der Waals surface area contributed by atoms with Crippen molar-refractivity contribution in [3.8, 4) is 0 Å². The Kier molecular flexibility index (Phi) is 5.25. The van der Waals surface area contributed by atoms with Crippen molar-refractivity contribution in [2.24, 2.45) is 0 Å². The molecule has 2 unspecified atom stereocenters. The molecule has 0 saturated carbocycles. The number of hydrogen-bond acceptors (Lipinski definition) is 3. The Labute approximate surface area is 98.3 Å². The molecule has 0 aromatic heterocycles. The van der Waals surface area contributed by atoms with E-state index in [1.54, 1.807) is 0 Å². The molecule has 0 bridgehead atoms. The first kappa shape index (κ1) is 12.6. The molecule has 1 aromatic rings. The van der Waals surface area contributed by atoms with Gasteiger partial charge in [-0.3, -0.25) is 0 Å². The average molecular weight is 274 g/mol. The van der Waals surface area contributed by atoms with E-state index in [4.69, 9.17) is 5.11 Å². The zero-order chi connectivity index (χ0) is 11.3. The highest BCUT2D eigenvalue weighted by Gasteiger charge is 2.07. The number of aliphatic hydroxyl groups excluding tert-OH is 2. The minimum Gasteiger partial charge on any atom is -0.394 e. The van der Waals surface area contributed by atoms with Gasteiger partial charge in [0.2, 0.25) is 0 Å². The van der Waals surface area contributed by atoms with E-state index >= 15 is 0 Å². The molecule has 0 aliphatic rings. The average Bonchev–Trinajstić information content (AvgIpc) is 2.25. The largest absolute Gasteiger partial charge is 0.394 e. The van der Waals surface area contributed by atoms with Gasteiger partial charge >= 0.3 is 0 Å². The third-order valence-corrected chi connectivity index (χ3v) is 2.71. The lowest BCUT2D eigenvalue weighted by Crippen LogP contribution is -2.31. The molecule has 2 atom stereocenters. The Morgan fingerprint density at radius 2 is 2.20 bits per heavy atom. The maximum atomic E-state index is 9.19. The standard InChI is InChI=1S/C11H16BrNO2/c1-8(13-6-11(15)7-14)9-3-2-4-10(12)5-9/h2-5,8,11,13-15H,6-7H2,1H3. The number of aliphatic hydroxyl groups is 2. The van der Waals surface area contributed by atoms with Crippen LogP contribution < -0.4 is 5.32 Å². The maximum Gasteiger partial charge on any atom is 0.0895 e. The Morgan fingerprint density at radius 3 is 2.80 bits per heavy atom. The van der Waals surface area contributed by atoms with Crippen molar-refractivity contribution in [1.29, 1.82) is 0 Å². The van der Waals surface area contributed by atoms with E-state index < -0.39 is 6.10 Å². The summed E-state index contributed by atoms with van der Waals surface area (Å²) in [5.74, 6) is 0. The van der Waals surface area contributed by atoms with Gasteiger partial charge in [-0.05, 0) is 24.6 Å². The monoisotopic (exact) mass is 273 g/mol. The van der Waals surface area contributed by atoms with Gasteiger partial charge < -0.3 is 15.5 Å². The van der Waals surface area contributed by atoms with Crippen LogP contribution in [0.15, 0.2) is 28.7 Å². The first-order chi connectivity index (χ1) is 7.13. The predicted octanol–water partition coefficient (Wildman–Crippen LogP) is 1.45. The number of halogens is 1. The lowest BCUT2D eigenvalue weighted by atomic mass is 10.1. The highest BCUT2D eigenvalue weighted by molar-refractivity contribution is 9.10. The Balaban J connectivity index is 2.50.